The average molecular weight is 219 g/mol. The Morgan fingerprint density at radius 2 is 2.06 bits per heavy atom. The average Bonchev–Trinajstić information content (AvgIpc) is 2.77. The third-order valence-electron chi connectivity index (χ3n) is 3.12. The molecule has 1 atom stereocenters. The van der Waals surface area contributed by atoms with E-state index in [9.17, 15) is 4.79 Å². The molecule has 1 aromatic carbocycles. The predicted octanol–water partition coefficient (Wildman–Crippen LogP) is 2.11. The van der Waals surface area contributed by atoms with Gasteiger partial charge in [-0.25, -0.2) is 0 Å². The highest BCUT2D eigenvalue weighted by Gasteiger charge is 2.21. The Hall–Kier alpha value is -1.35. The van der Waals surface area contributed by atoms with Gasteiger partial charge < -0.3 is 9.64 Å². The first kappa shape index (κ1) is 11.1. The van der Waals surface area contributed by atoms with E-state index in [-0.39, 0.29) is 5.78 Å². The topological polar surface area (TPSA) is 29.5 Å². The zero-order valence-electron chi connectivity index (χ0n) is 9.77. The lowest BCUT2D eigenvalue weighted by Gasteiger charge is -2.18. The summed E-state index contributed by atoms with van der Waals surface area (Å²) in [6.45, 7) is 3.56. The summed E-state index contributed by atoms with van der Waals surface area (Å²) in [5.41, 5.74) is 1.94. The van der Waals surface area contributed by atoms with Crippen molar-refractivity contribution in [2.45, 2.75) is 19.4 Å². The number of Topliss-reactive ketones (excluding diaryl/α,β-unsaturated/α-hetero) is 1. The van der Waals surface area contributed by atoms with Crippen LogP contribution in [-0.4, -0.2) is 32.1 Å². The van der Waals surface area contributed by atoms with Crippen molar-refractivity contribution in [1.82, 2.24) is 0 Å². The molecule has 1 aliphatic heterocycles. The molecule has 16 heavy (non-hydrogen) atoms. The normalized spacial score (nSPS) is 20.1. The highest BCUT2D eigenvalue weighted by Crippen LogP contribution is 2.21. The van der Waals surface area contributed by atoms with Crippen molar-refractivity contribution in [3.8, 4) is 0 Å². The first-order valence-corrected chi connectivity index (χ1v) is 5.59. The second-order valence-corrected chi connectivity index (χ2v) is 4.20. The van der Waals surface area contributed by atoms with Crippen LogP contribution in [-0.2, 0) is 4.74 Å². The van der Waals surface area contributed by atoms with Gasteiger partial charge >= 0.3 is 0 Å². The molecule has 1 aromatic rings. The van der Waals surface area contributed by atoms with E-state index < -0.39 is 0 Å². The van der Waals surface area contributed by atoms with Crippen LogP contribution in [0.2, 0.25) is 0 Å². The molecule has 0 bridgehead atoms. The van der Waals surface area contributed by atoms with Crippen molar-refractivity contribution in [3.63, 3.8) is 0 Å². The van der Waals surface area contributed by atoms with Crippen LogP contribution in [0.1, 0.15) is 23.7 Å². The van der Waals surface area contributed by atoms with Gasteiger partial charge in [0.15, 0.2) is 5.78 Å². The summed E-state index contributed by atoms with van der Waals surface area (Å²) in [6, 6.07) is 7.79. The number of ether oxygens (including phenoxy) is 1. The summed E-state index contributed by atoms with van der Waals surface area (Å²) in [5, 5.41) is 0. The van der Waals surface area contributed by atoms with E-state index in [2.05, 4.69) is 4.90 Å². The minimum Gasteiger partial charge on any atom is -0.380 e. The zero-order chi connectivity index (χ0) is 11.5. The quantitative estimate of drug-likeness (QED) is 0.729. The standard InChI is InChI=1S/C13H17NO2/c1-10(15)11-3-5-12(6-4-11)14-8-7-13(9-14)16-2/h3-6,13H,7-9H2,1-2H3/t13-/m1/s1. The van der Waals surface area contributed by atoms with E-state index in [0.717, 1.165) is 25.1 Å². The van der Waals surface area contributed by atoms with Gasteiger partial charge in [0.05, 0.1) is 6.10 Å². The molecule has 3 heteroatoms. The summed E-state index contributed by atoms with van der Waals surface area (Å²) in [6.07, 6.45) is 1.41. The predicted molar refractivity (Wildman–Crippen MR) is 64.1 cm³/mol. The van der Waals surface area contributed by atoms with Gasteiger partial charge in [-0.3, -0.25) is 4.79 Å². The van der Waals surface area contributed by atoms with Gasteiger partial charge in [-0.05, 0) is 37.6 Å². The summed E-state index contributed by atoms with van der Waals surface area (Å²) < 4.78 is 5.33. The summed E-state index contributed by atoms with van der Waals surface area (Å²) in [5.74, 6) is 0.114. The Labute approximate surface area is 96.0 Å². The van der Waals surface area contributed by atoms with Gasteiger partial charge in [-0.2, -0.15) is 0 Å². The van der Waals surface area contributed by atoms with Gasteiger partial charge in [-0.1, -0.05) is 0 Å². The lowest BCUT2D eigenvalue weighted by atomic mass is 10.1. The molecule has 86 valence electrons. The molecule has 0 N–H and O–H groups in total. The van der Waals surface area contributed by atoms with E-state index >= 15 is 0 Å². The Balaban J connectivity index is 2.08. The summed E-state index contributed by atoms with van der Waals surface area (Å²) >= 11 is 0. The lowest BCUT2D eigenvalue weighted by molar-refractivity contribution is 0.101. The molecule has 1 saturated heterocycles. The number of anilines is 1. The summed E-state index contributed by atoms with van der Waals surface area (Å²) in [7, 11) is 1.76. The van der Waals surface area contributed by atoms with E-state index in [1.165, 1.54) is 5.69 Å². The SMILES string of the molecule is CO[C@@H]1CCN(c2ccc(C(C)=O)cc2)C1. The number of ketones is 1. The highest BCUT2D eigenvalue weighted by molar-refractivity contribution is 5.94. The Kier molecular flexibility index (Phi) is 3.25. The molecular formula is C13H17NO2. The van der Waals surface area contributed by atoms with E-state index in [4.69, 9.17) is 4.74 Å². The van der Waals surface area contributed by atoms with Crippen LogP contribution in [0.15, 0.2) is 24.3 Å². The number of carbonyl (C=O) groups is 1. The lowest BCUT2D eigenvalue weighted by Crippen LogP contribution is -2.22. The molecule has 3 nitrogen and oxygen atoms in total. The minimum absolute atomic E-state index is 0.114. The first-order valence-electron chi connectivity index (χ1n) is 5.59. The third-order valence-corrected chi connectivity index (χ3v) is 3.12. The van der Waals surface area contributed by atoms with Crippen LogP contribution in [0.3, 0.4) is 0 Å². The van der Waals surface area contributed by atoms with Crippen molar-refractivity contribution >= 4 is 11.5 Å². The molecule has 1 fully saturated rings. The van der Waals surface area contributed by atoms with Crippen LogP contribution >= 0.6 is 0 Å². The number of carbonyl (C=O) groups excluding carboxylic acids is 1. The van der Waals surface area contributed by atoms with Gasteiger partial charge in [0, 0.05) is 31.5 Å². The van der Waals surface area contributed by atoms with Gasteiger partial charge in [0.2, 0.25) is 0 Å². The second-order valence-electron chi connectivity index (χ2n) is 4.20. The fourth-order valence-electron chi connectivity index (χ4n) is 2.06. The Bertz CT molecular complexity index is 372. The smallest absolute Gasteiger partial charge is 0.159 e. The number of nitrogens with zero attached hydrogens (tertiary/aromatic N) is 1. The molecule has 0 aromatic heterocycles. The van der Waals surface area contributed by atoms with E-state index in [1.807, 2.05) is 24.3 Å². The minimum atomic E-state index is 0.114. The number of methoxy groups -OCH3 is 1. The molecule has 0 spiro atoms. The Morgan fingerprint density at radius 1 is 1.38 bits per heavy atom. The first-order chi connectivity index (χ1) is 7.70. The second kappa shape index (κ2) is 4.66. The maximum atomic E-state index is 11.1. The van der Waals surface area contributed by atoms with Gasteiger partial charge in [0.1, 0.15) is 0 Å². The molecule has 1 heterocycles. The van der Waals surface area contributed by atoms with Crippen LogP contribution < -0.4 is 4.90 Å². The molecule has 2 rings (SSSR count). The van der Waals surface area contributed by atoms with Crippen LogP contribution in [0.25, 0.3) is 0 Å². The molecule has 0 aliphatic carbocycles. The monoisotopic (exact) mass is 219 g/mol. The zero-order valence-corrected chi connectivity index (χ0v) is 9.77. The van der Waals surface area contributed by atoms with Crippen molar-refractivity contribution in [1.29, 1.82) is 0 Å². The molecule has 1 aliphatic rings. The van der Waals surface area contributed by atoms with E-state index in [1.54, 1.807) is 14.0 Å². The molecule has 0 saturated carbocycles. The number of benzene rings is 1. The fraction of sp³-hybridized carbons (Fsp3) is 0.462. The third kappa shape index (κ3) is 2.25. The van der Waals surface area contributed by atoms with Crippen LogP contribution in [0.5, 0.6) is 0 Å². The molecular weight excluding hydrogens is 202 g/mol. The molecule has 0 radical (unpaired) electrons. The van der Waals surface area contributed by atoms with Crippen molar-refractivity contribution in [2.24, 2.45) is 0 Å². The summed E-state index contributed by atoms with van der Waals surface area (Å²) in [4.78, 5) is 13.4. The molecule has 0 amide bonds. The number of rotatable bonds is 3. The van der Waals surface area contributed by atoms with Crippen molar-refractivity contribution < 1.29 is 9.53 Å². The maximum absolute atomic E-state index is 11.1. The van der Waals surface area contributed by atoms with Gasteiger partial charge in [-0.15, -0.1) is 0 Å². The maximum Gasteiger partial charge on any atom is 0.159 e. The van der Waals surface area contributed by atoms with Gasteiger partial charge in [0.25, 0.3) is 0 Å². The number of hydrogen-bond acceptors (Lipinski definition) is 3. The van der Waals surface area contributed by atoms with Crippen molar-refractivity contribution in [3.05, 3.63) is 29.8 Å². The largest absolute Gasteiger partial charge is 0.380 e. The van der Waals surface area contributed by atoms with Crippen molar-refractivity contribution in [2.75, 3.05) is 25.1 Å². The van der Waals surface area contributed by atoms with Crippen LogP contribution in [0, 0.1) is 0 Å². The highest BCUT2D eigenvalue weighted by atomic mass is 16.5. The van der Waals surface area contributed by atoms with Crippen LogP contribution in [0.4, 0.5) is 5.69 Å². The molecule has 0 unspecified atom stereocenters. The fourth-order valence-corrected chi connectivity index (χ4v) is 2.06. The Morgan fingerprint density at radius 3 is 2.56 bits per heavy atom. The van der Waals surface area contributed by atoms with E-state index in [0.29, 0.717) is 6.10 Å². The number of hydrogen-bond donors (Lipinski definition) is 0.